The molecule has 3 rings (SSSR count). The van der Waals surface area contributed by atoms with Crippen molar-refractivity contribution in [3.63, 3.8) is 0 Å². The number of carbonyl (C=O) groups excluding carboxylic acids is 1. The zero-order chi connectivity index (χ0) is 20.3. The highest BCUT2D eigenvalue weighted by Gasteiger charge is 2.28. The summed E-state index contributed by atoms with van der Waals surface area (Å²) in [7, 11) is -3.62. The van der Waals surface area contributed by atoms with Gasteiger partial charge in [0.2, 0.25) is 10.0 Å². The minimum absolute atomic E-state index is 0.0783. The third-order valence-corrected chi connectivity index (χ3v) is 8.03. The van der Waals surface area contributed by atoms with Crippen LogP contribution in [0.3, 0.4) is 0 Å². The highest BCUT2D eigenvalue weighted by Crippen LogP contribution is 2.31. The number of amides is 1. The van der Waals surface area contributed by atoms with E-state index in [1.165, 1.54) is 38.7 Å². The molecular formula is C20H26N2O4S2. The van der Waals surface area contributed by atoms with Crippen molar-refractivity contribution in [1.82, 2.24) is 4.31 Å². The van der Waals surface area contributed by atoms with Crippen molar-refractivity contribution >= 4 is 33.0 Å². The minimum atomic E-state index is -3.62. The van der Waals surface area contributed by atoms with Gasteiger partial charge in [0.05, 0.1) is 15.5 Å². The van der Waals surface area contributed by atoms with Gasteiger partial charge >= 0.3 is 0 Å². The Morgan fingerprint density at radius 3 is 2.57 bits per heavy atom. The normalized spacial score (nSPS) is 15.1. The van der Waals surface area contributed by atoms with E-state index in [0.717, 1.165) is 37.7 Å². The second kappa shape index (κ2) is 8.63. The number of nitrogens with zero attached hydrogens (tertiary/aromatic N) is 1. The number of rotatable bonds is 7. The Kier molecular flexibility index (Phi) is 6.42. The lowest BCUT2D eigenvalue weighted by molar-refractivity contribution is 0.103. The third-order valence-electron chi connectivity index (χ3n) is 4.90. The highest BCUT2D eigenvalue weighted by atomic mass is 32.2. The molecule has 1 aliphatic heterocycles. The molecule has 152 valence electrons. The van der Waals surface area contributed by atoms with Crippen molar-refractivity contribution in [2.75, 3.05) is 18.4 Å². The highest BCUT2D eigenvalue weighted by molar-refractivity contribution is 7.89. The van der Waals surface area contributed by atoms with Crippen molar-refractivity contribution in [3.8, 4) is 5.75 Å². The predicted molar refractivity (Wildman–Crippen MR) is 112 cm³/mol. The molecule has 1 aliphatic rings. The summed E-state index contributed by atoms with van der Waals surface area (Å²) in [6, 6.07) is 5.90. The average Bonchev–Trinajstić information content (AvgIpc) is 3.34. The first-order valence-electron chi connectivity index (χ1n) is 9.63. The predicted octanol–water partition coefficient (Wildman–Crippen LogP) is 4.01. The smallest absolute Gasteiger partial charge is 0.265 e. The maximum Gasteiger partial charge on any atom is 0.265 e. The van der Waals surface area contributed by atoms with Crippen LogP contribution in [0.25, 0.3) is 0 Å². The lowest BCUT2D eigenvalue weighted by Crippen LogP contribution is -2.27. The van der Waals surface area contributed by atoms with Gasteiger partial charge in [0.15, 0.2) is 0 Å². The Hall–Kier alpha value is -1.90. The van der Waals surface area contributed by atoms with Crippen LogP contribution in [0.5, 0.6) is 5.75 Å². The molecule has 0 saturated carbocycles. The van der Waals surface area contributed by atoms with Crippen LogP contribution < -0.4 is 5.32 Å². The van der Waals surface area contributed by atoms with Crippen LogP contribution in [0.4, 0.5) is 5.69 Å². The van der Waals surface area contributed by atoms with Crippen LogP contribution in [0.15, 0.2) is 29.2 Å². The quantitative estimate of drug-likeness (QED) is 0.660. The zero-order valence-corrected chi connectivity index (χ0v) is 17.8. The Bertz CT molecular complexity index is 961. The second-order valence-corrected chi connectivity index (χ2v) is 9.98. The Morgan fingerprint density at radius 2 is 1.93 bits per heavy atom. The summed E-state index contributed by atoms with van der Waals surface area (Å²) in [5.74, 6) is -0.497. The number of benzene rings is 1. The van der Waals surface area contributed by atoms with Gasteiger partial charge in [-0.2, -0.15) is 4.31 Å². The number of carbonyl (C=O) groups is 1. The monoisotopic (exact) mass is 422 g/mol. The van der Waals surface area contributed by atoms with Gasteiger partial charge in [0.1, 0.15) is 5.75 Å². The number of phenolic OH excluding ortho intramolecular Hbond substituents is 1. The molecule has 0 aliphatic carbocycles. The van der Waals surface area contributed by atoms with E-state index in [1.807, 2.05) is 6.07 Å². The van der Waals surface area contributed by atoms with Crippen LogP contribution in [0, 0.1) is 0 Å². The van der Waals surface area contributed by atoms with Crippen LogP contribution in [-0.2, 0) is 22.9 Å². The fourth-order valence-electron chi connectivity index (χ4n) is 3.35. The minimum Gasteiger partial charge on any atom is -0.506 e. The van der Waals surface area contributed by atoms with Gasteiger partial charge in [-0.3, -0.25) is 4.79 Å². The number of hydrogen-bond acceptors (Lipinski definition) is 5. The fourth-order valence-corrected chi connectivity index (χ4v) is 6.15. The van der Waals surface area contributed by atoms with E-state index in [0.29, 0.717) is 18.0 Å². The molecule has 8 heteroatoms. The molecule has 1 aromatic heterocycles. The van der Waals surface area contributed by atoms with Gasteiger partial charge in [-0.25, -0.2) is 8.42 Å². The van der Waals surface area contributed by atoms with Gasteiger partial charge in [-0.05, 0) is 55.5 Å². The summed E-state index contributed by atoms with van der Waals surface area (Å²) in [5, 5.41) is 12.8. The van der Waals surface area contributed by atoms with Crippen molar-refractivity contribution in [1.29, 1.82) is 0 Å². The van der Waals surface area contributed by atoms with Gasteiger partial charge in [-0.15, -0.1) is 11.3 Å². The van der Waals surface area contributed by atoms with Gasteiger partial charge in [0.25, 0.3) is 5.91 Å². The molecular weight excluding hydrogens is 396 g/mol. The van der Waals surface area contributed by atoms with Gasteiger partial charge < -0.3 is 10.4 Å². The summed E-state index contributed by atoms with van der Waals surface area (Å²) < 4.78 is 26.9. The molecule has 0 unspecified atom stereocenters. The van der Waals surface area contributed by atoms with Crippen molar-refractivity contribution in [2.24, 2.45) is 0 Å². The van der Waals surface area contributed by atoms with E-state index in [2.05, 4.69) is 19.2 Å². The molecule has 1 saturated heterocycles. The number of aryl methyl sites for hydroxylation is 2. The number of nitrogens with one attached hydrogen (secondary N) is 1. The molecule has 28 heavy (non-hydrogen) atoms. The largest absolute Gasteiger partial charge is 0.506 e. The molecule has 0 bridgehead atoms. The lowest BCUT2D eigenvalue weighted by atomic mass is 10.1. The Labute approximate surface area is 170 Å². The second-order valence-electron chi connectivity index (χ2n) is 6.91. The molecule has 2 N–H and O–H groups in total. The van der Waals surface area contributed by atoms with E-state index in [1.54, 1.807) is 0 Å². The Morgan fingerprint density at radius 1 is 1.21 bits per heavy atom. The summed E-state index contributed by atoms with van der Waals surface area (Å²) in [6.07, 6.45) is 4.48. The number of sulfonamides is 1. The molecule has 2 heterocycles. The molecule has 1 amide bonds. The Balaban J connectivity index is 1.85. The molecule has 2 aromatic rings. The summed E-state index contributed by atoms with van der Waals surface area (Å²) >= 11 is 1.45. The first-order chi connectivity index (χ1) is 13.4. The van der Waals surface area contributed by atoms with Crippen LogP contribution >= 0.6 is 11.3 Å². The molecule has 0 atom stereocenters. The topological polar surface area (TPSA) is 86.7 Å². The first kappa shape index (κ1) is 20.8. The first-order valence-corrected chi connectivity index (χ1v) is 11.9. The maximum absolute atomic E-state index is 12.7. The molecule has 1 fully saturated rings. The van der Waals surface area contributed by atoms with E-state index in [4.69, 9.17) is 0 Å². The zero-order valence-electron chi connectivity index (χ0n) is 16.2. The lowest BCUT2D eigenvalue weighted by Gasteiger charge is -2.16. The SMILES string of the molecule is CCCc1sc(C(=O)Nc2cc(S(=O)(=O)N3CCCC3)ccc2O)cc1CC. The average molecular weight is 423 g/mol. The fraction of sp³-hybridized carbons (Fsp3) is 0.450. The molecule has 0 radical (unpaired) electrons. The summed E-state index contributed by atoms with van der Waals surface area (Å²) in [4.78, 5) is 14.5. The van der Waals surface area contributed by atoms with E-state index >= 15 is 0 Å². The number of thiophene rings is 1. The van der Waals surface area contributed by atoms with E-state index < -0.39 is 10.0 Å². The summed E-state index contributed by atoms with van der Waals surface area (Å²) in [5.41, 5.74) is 1.26. The molecule has 6 nitrogen and oxygen atoms in total. The number of phenols is 1. The third kappa shape index (κ3) is 4.24. The van der Waals surface area contributed by atoms with E-state index in [-0.39, 0.29) is 22.2 Å². The number of aromatic hydroxyl groups is 1. The summed E-state index contributed by atoms with van der Waals surface area (Å²) in [6.45, 7) is 5.16. The van der Waals surface area contributed by atoms with Crippen molar-refractivity contribution < 1.29 is 18.3 Å². The number of hydrogen-bond donors (Lipinski definition) is 2. The maximum atomic E-state index is 12.7. The standard InChI is InChI=1S/C20H26N2O4S2/c1-3-7-18-14(4-2)12-19(27-18)20(24)21-16-13-15(8-9-17(16)23)28(25,26)22-10-5-6-11-22/h8-9,12-13,23H,3-7,10-11H2,1-2H3,(H,21,24). The van der Waals surface area contributed by atoms with Gasteiger partial charge in [0, 0.05) is 18.0 Å². The van der Waals surface area contributed by atoms with Gasteiger partial charge in [-0.1, -0.05) is 20.3 Å². The number of anilines is 1. The van der Waals surface area contributed by atoms with Crippen molar-refractivity contribution in [3.05, 3.63) is 39.6 Å². The van der Waals surface area contributed by atoms with Crippen LogP contribution in [0.1, 0.15) is 53.2 Å². The molecule has 1 aromatic carbocycles. The van der Waals surface area contributed by atoms with Crippen LogP contribution in [0.2, 0.25) is 0 Å². The van der Waals surface area contributed by atoms with Crippen molar-refractivity contribution in [2.45, 2.75) is 50.8 Å². The molecule has 0 spiro atoms. The van der Waals surface area contributed by atoms with Crippen LogP contribution in [-0.4, -0.2) is 36.8 Å². The van der Waals surface area contributed by atoms with E-state index in [9.17, 15) is 18.3 Å².